The molecule has 1 aliphatic heterocycles. The number of carbonyl (C=O) groups excluding carboxylic acids is 2. The Hall–Kier alpha value is -4.17. The summed E-state index contributed by atoms with van der Waals surface area (Å²) in [4.78, 5) is 28.4. The number of hydrogen-bond acceptors (Lipinski definition) is 4. The SMILES string of the molecule is CC1=C(C#N)C(=O)N(C)C(=O)/C1=C/c1ccc(N(c2ccccc2)c2cccc3ccccc23)[se]1. The van der Waals surface area contributed by atoms with Gasteiger partial charge in [0.1, 0.15) is 0 Å². The van der Waals surface area contributed by atoms with Gasteiger partial charge in [0.15, 0.2) is 0 Å². The molecule has 5 nitrogen and oxygen atoms in total. The van der Waals surface area contributed by atoms with Gasteiger partial charge in [0.2, 0.25) is 0 Å². The first-order valence-electron chi connectivity index (χ1n) is 11.1. The Kier molecular flexibility index (Phi) is 5.96. The molecule has 6 heteroatoms. The molecule has 35 heavy (non-hydrogen) atoms. The van der Waals surface area contributed by atoms with E-state index in [0.29, 0.717) is 11.1 Å². The molecule has 0 fully saturated rings. The molecule has 2 heterocycles. The summed E-state index contributed by atoms with van der Waals surface area (Å²) in [7, 11) is 1.41. The van der Waals surface area contributed by atoms with Crippen molar-refractivity contribution in [2.24, 2.45) is 0 Å². The molecule has 1 aliphatic rings. The quantitative estimate of drug-likeness (QED) is 0.199. The molecule has 1 aromatic heterocycles. The zero-order chi connectivity index (χ0) is 24.5. The van der Waals surface area contributed by atoms with Gasteiger partial charge >= 0.3 is 210 Å². The second-order valence-electron chi connectivity index (χ2n) is 8.18. The van der Waals surface area contributed by atoms with E-state index < -0.39 is 5.91 Å². The molecule has 0 spiro atoms. The normalized spacial score (nSPS) is 15.1. The monoisotopic (exact) mass is 523 g/mol. The molecule has 0 bridgehead atoms. The molecule has 4 aromatic rings. The van der Waals surface area contributed by atoms with E-state index in [1.54, 1.807) is 6.92 Å². The Labute approximate surface area is 209 Å². The van der Waals surface area contributed by atoms with Gasteiger partial charge in [-0.15, -0.1) is 0 Å². The number of fused-ring (bicyclic) bond motifs is 1. The molecule has 0 saturated carbocycles. The standard InChI is InChI=1S/C29H21N3O2Se/c1-19-24(28(33)31(2)29(34)25(19)18-30)17-22-15-16-27(35-22)32(21-11-4-3-5-12-21)26-14-8-10-20-9-6-7-13-23(20)26/h3-17H,1-2H3/b24-17+. The van der Waals surface area contributed by atoms with Crippen LogP contribution in [-0.4, -0.2) is 38.3 Å². The molecule has 0 N–H and O–H groups in total. The van der Waals surface area contributed by atoms with Crippen molar-refractivity contribution in [3.05, 3.63) is 106 Å². The van der Waals surface area contributed by atoms with Crippen molar-refractivity contribution in [1.82, 2.24) is 4.90 Å². The molecule has 0 saturated heterocycles. The van der Waals surface area contributed by atoms with Gasteiger partial charge in [0.05, 0.1) is 0 Å². The summed E-state index contributed by atoms with van der Waals surface area (Å²) in [5.74, 6) is -0.936. The van der Waals surface area contributed by atoms with E-state index in [1.807, 2.05) is 48.5 Å². The van der Waals surface area contributed by atoms with Crippen molar-refractivity contribution in [2.75, 3.05) is 11.9 Å². The number of rotatable bonds is 4. The van der Waals surface area contributed by atoms with E-state index in [-0.39, 0.29) is 26.0 Å². The fraction of sp³-hybridized carbons (Fsp3) is 0.0690. The number of imide groups is 1. The topological polar surface area (TPSA) is 64.4 Å². The number of hydrogen-bond donors (Lipinski definition) is 0. The Morgan fingerprint density at radius 3 is 2.37 bits per heavy atom. The average Bonchev–Trinajstić information content (AvgIpc) is 3.35. The van der Waals surface area contributed by atoms with Crippen molar-refractivity contribution in [3.8, 4) is 6.07 Å². The first-order chi connectivity index (χ1) is 17.0. The fourth-order valence-electron chi connectivity index (χ4n) is 4.25. The fourth-order valence-corrected chi connectivity index (χ4v) is 6.31. The number of para-hydroxylation sites is 1. The van der Waals surface area contributed by atoms with Gasteiger partial charge in [-0.05, 0) is 0 Å². The summed E-state index contributed by atoms with van der Waals surface area (Å²) in [6, 6.07) is 30.9. The maximum absolute atomic E-state index is 12.8. The Balaban J connectivity index is 1.64. The average molecular weight is 522 g/mol. The van der Waals surface area contributed by atoms with Gasteiger partial charge in [-0.2, -0.15) is 0 Å². The minimum absolute atomic E-state index is 0.0132. The summed E-state index contributed by atoms with van der Waals surface area (Å²) >= 11 is -0.104. The Bertz CT molecular complexity index is 1570. The van der Waals surface area contributed by atoms with E-state index in [2.05, 4.69) is 53.4 Å². The van der Waals surface area contributed by atoms with Gasteiger partial charge in [-0.3, -0.25) is 0 Å². The van der Waals surface area contributed by atoms with E-state index in [1.165, 1.54) is 7.05 Å². The van der Waals surface area contributed by atoms with Crippen molar-refractivity contribution < 1.29 is 9.59 Å². The van der Waals surface area contributed by atoms with Crippen LogP contribution in [0.5, 0.6) is 0 Å². The number of carbonyl (C=O) groups is 2. The molecule has 3 aromatic carbocycles. The van der Waals surface area contributed by atoms with E-state index in [0.717, 1.165) is 36.0 Å². The molecule has 170 valence electrons. The second kappa shape index (κ2) is 9.23. The molecule has 0 atom stereocenters. The predicted molar refractivity (Wildman–Crippen MR) is 140 cm³/mol. The third kappa shape index (κ3) is 4.02. The number of nitriles is 1. The van der Waals surface area contributed by atoms with Crippen LogP contribution in [0.25, 0.3) is 16.8 Å². The molecule has 5 rings (SSSR count). The first kappa shape index (κ1) is 22.6. The van der Waals surface area contributed by atoms with Crippen LogP contribution in [0.3, 0.4) is 0 Å². The van der Waals surface area contributed by atoms with Crippen LogP contribution >= 0.6 is 0 Å². The van der Waals surface area contributed by atoms with Gasteiger partial charge in [0, 0.05) is 0 Å². The number of likely N-dealkylation sites (N-methyl/N-ethyl adjacent to an activating group) is 1. The van der Waals surface area contributed by atoms with Crippen molar-refractivity contribution in [2.45, 2.75) is 6.92 Å². The third-order valence-corrected chi connectivity index (χ3v) is 8.22. The zero-order valence-corrected chi connectivity index (χ0v) is 20.9. The van der Waals surface area contributed by atoms with Gasteiger partial charge in [-0.1, -0.05) is 0 Å². The third-order valence-electron chi connectivity index (χ3n) is 6.09. The number of benzene rings is 3. The molecule has 0 aliphatic carbocycles. The Morgan fingerprint density at radius 2 is 1.60 bits per heavy atom. The van der Waals surface area contributed by atoms with Crippen LogP contribution in [0.2, 0.25) is 0 Å². The Morgan fingerprint density at radius 1 is 0.886 bits per heavy atom. The predicted octanol–water partition coefficient (Wildman–Crippen LogP) is 5.59. The number of nitrogens with zero attached hydrogens (tertiary/aromatic N) is 3. The summed E-state index contributed by atoms with van der Waals surface area (Å²) in [5, 5.41) is 11.8. The van der Waals surface area contributed by atoms with Crippen LogP contribution in [0.4, 0.5) is 15.9 Å². The second-order valence-corrected chi connectivity index (χ2v) is 10.5. The molecule has 0 unspecified atom stereocenters. The van der Waals surface area contributed by atoms with Gasteiger partial charge < -0.3 is 0 Å². The summed E-state index contributed by atoms with van der Waals surface area (Å²) < 4.78 is 2.12. The molecular formula is C29H21N3O2Se. The molecule has 0 radical (unpaired) electrons. The minimum atomic E-state index is -0.553. The van der Waals surface area contributed by atoms with Crippen LogP contribution in [0, 0.1) is 11.3 Å². The number of amides is 2. The van der Waals surface area contributed by atoms with Crippen LogP contribution < -0.4 is 4.90 Å². The maximum atomic E-state index is 12.8. The van der Waals surface area contributed by atoms with Crippen molar-refractivity contribution in [3.63, 3.8) is 0 Å². The van der Waals surface area contributed by atoms with E-state index >= 15 is 0 Å². The molecule has 2 amide bonds. The number of anilines is 3. The summed E-state index contributed by atoms with van der Waals surface area (Å²) in [6.45, 7) is 1.66. The van der Waals surface area contributed by atoms with E-state index in [9.17, 15) is 14.9 Å². The first-order valence-corrected chi connectivity index (χ1v) is 12.8. The van der Waals surface area contributed by atoms with E-state index in [4.69, 9.17) is 0 Å². The zero-order valence-electron chi connectivity index (χ0n) is 19.2. The van der Waals surface area contributed by atoms with Crippen LogP contribution in [-0.2, 0) is 9.59 Å². The van der Waals surface area contributed by atoms with Crippen molar-refractivity contribution >= 4 is 59.1 Å². The summed E-state index contributed by atoms with van der Waals surface area (Å²) in [6.07, 6.45) is 1.83. The van der Waals surface area contributed by atoms with Crippen molar-refractivity contribution in [1.29, 1.82) is 5.26 Å². The van der Waals surface area contributed by atoms with Gasteiger partial charge in [-0.25, -0.2) is 0 Å². The van der Waals surface area contributed by atoms with Crippen LogP contribution in [0.15, 0.2) is 102 Å². The molecular weight excluding hydrogens is 501 g/mol. The van der Waals surface area contributed by atoms with Crippen LogP contribution in [0.1, 0.15) is 11.4 Å². The van der Waals surface area contributed by atoms with Gasteiger partial charge in [0.25, 0.3) is 0 Å². The summed E-state index contributed by atoms with van der Waals surface area (Å²) in [5.41, 5.74) is 2.98.